The van der Waals surface area contributed by atoms with E-state index < -0.39 is 47.6 Å². The second-order valence-corrected chi connectivity index (χ2v) is 16.7. The Morgan fingerprint density at radius 1 is 1.06 bits per heavy atom. The van der Waals surface area contributed by atoms with Gasteiger partial charge in [0.2, 0.25) is 0 Å². The number of hydroxylamine groups is 1. The quantitative estimate of drug-likeness (QED) is 0.228. The number of hydrogen-bond donors (Lipinski definition) is 3. The minimum absolute atomic E-state index is 0.0457. The molecule has 0 bridgehead atoms. The number of anilines is 1. The van der Waals surface area contributed by atoms with Gasteiger partial charge in [0.1, 0.15) is 29.1 Å². The molecule has 3 N–H and O–H groups in total. The number of likely N-dealkylation sites (tertiary alicyclic amines) is 1. The van der Waals surface area contributed by atoms with Crippen molar-refractivity contribution in [1.82, 2.24) is 10.2 Å². The number of nitrogens with zero attached hydrogens (tertiary/aromatic N) is 2. The molecule has 288 valence electrons. The van der Waals surface area contributed by atoms with Crippen LogP contribution in [0.5, 0.6) is 5.75 Å². The first-order valence-electron chi connectivity index (χ1n) is 18.8. The summed E-state index contributed by atoms with van der Waals surface area (Å²) in [5.74, 6) is -0.671. The molecule has 2 aromatic carbocycles. The Kier molecular flexibility index (Phi) is 10.8. The van der Waals surface area contributed by atoms with Gasteiger partial charge in [0.05, 0.1) is 10.7 Å². The number of benzene rings is 2. The van der Waals surface area contributed by atoms with Crippen LogP contribution in [0.2, 0.25) is 10.0 Å². The molecule has 2 aliphatic carbocycles. The Balaban J connectivity index is 1.08. The van der Waals surface area contributed by atoms with Gasteiger partial charge in [0, 0.05) is 56.5 Å². The molecule has 3 fully saturated rings. The number of carbonyl (C=O) groups excluding carboxylic acids is 2. The summed E-state index contributed by atoms with van der Waals surface area (Å²) < 4.78 is 18.4. The predicted octanol–water partition coefficient (Wildman–Crippen LogP) is 5.63. The van der Waals surface area contributed by atoms with Crippen molar-refractivity contribution in [3.63, 3.8) is 0 Å². The normalized spacial score (nSPS) is 35.0. The lowest BCUT2D eigenvalue weighted by molar-refractivity contribution is -0.225. The van der Waals surface area contributed by atoms with Crippen LogP contribution in [-0.4, -0.2) is 89.9 Å². The second kappa shape index (κ2) is 15.0. The van der Waals surface area contributed by atoms with E-state index in [2.05, 4.69) is 23.2 Å². The van der Waals surface area contributed by atoms with E-state index >= 15 is 0 Å². The second-order valence-electron chi connectivity index (χ2n) is 15.9. The highest BCUT2D eigenvalue weighted by Gasteiger charge is 2.62. The molecule has 5 aliphatic rings. The third kappa shape index (κ3) is 7.19. The standard InChI is InChI=1S/C40H51Cl2N3O8/c1-22-19-31-29(23(2)21-45-17-15-28(16-18-45)51-27-12-10-26(41)11-13-27)14-9-24(3)40(31,49)36(35(22)50-25(4)46)52-37(47)33-20-39(48)30-7-6-8-32(42)34(30)44(5)53-38(39)43-33/h6-8,10-13,19,23-24,28-29,31,33,35-36,38,43,48-49H,9,14-18,20-21H2,1-5H3/t23-,24+,29-,31+,33-,35+,36-,38+,39+,40+/m0/s1. The summed E-state index contributed by atoms with van der Waals surface area (Å²) in [5, 5.41) is 30.5. The fourth-order valence-corrected chi connectivity index (χ4v) is 10.0. The molecule has 0 amide bonds. The number of fused-ring (bicyclic) bond motifs is 4. The van der Waals surface area contributed by atoms with E-state index in [0.29, 0.717) is 27.7 Å². The minimum atomic E-state index is -1.57. The molecule has 7 rings (SSSR count). The van der Waals surface area contributed by atoms with Crippen molar-refractivity contribution >= 4 is 40.8 Å². The van der Waals surface area contributed by atoms with Crippen molar-refractivity contribution in [2.24, 2.45) is 23.7 Å². The van der Waals surface area contributed by atoms with Crippen LogP contribution in [0.1, 0.15) is 65.4 Å². The van der Waals surface area contributed by atoms with Crippen molar-refractivity contribution in [2.75, 3.05) is 31.7 Å². The number of esters is 2. The molecule has 0 aromatic heterocycles. The lowest BCUT2D eigenvalue weighted by Gasteiger charge is -2.56. The van der Waals surface area contributed by atoms with Crippen LogP contribution in [0.25, 0.3) is 0 Å². The summed E-state index contributed by atoms with van der Waals surface area (Å²) in [7, 11) is 1.69. The lowest BCUT2D eigenvalue weighted by Crippen LogP contribution is -2.66. The predicted molar refractivity (Wildman–Crippen MR) is 200 cm³/mol. The molecule has 3 heterocycles. The molecule has 3 aliphatic heterocycles. The number of para-hydroxylation sites is 1. The van der Waals surface area contributed by atoms with Crippen LogP contribution in [0.15, 0.2) is 54.1 Å². The number of piperidine rings is 1. The van der Waals surface area contributed by atoms with Gasteiger partial charge in [-0.25, -0.2) is 0 Å². The Morgan fingerprint density at radius 3 is 2.47 bits per heavy atom. The average Bonchev–Trinajstić information content (AvgIpc) is 3.46. The fraction of sp³-hybridized carbons (Fsp3) is 0.600. The molecule has 13 heteroatoms. The van der Waals surface area contributed by atoms with Gasteiger partial charge in [-0.1, -0.05) is 55.3 Å². The Labute approximate surface area is 321 Å². The number of aliphatic hydroxyl groups is 2. The van der Waals surface area contributed by atoms with Crippen LogP contribution in [0, 0.1) is 23.7 Å². The smallest absolute Gasteiger partial charge is 0.323 e. The Bertz CT molecular complexity index is 1720. The van der Waals surface area contributed by atoms with Gasteiger partial charge in [0.25, 0.3) is 0 Å². The molecular weight excluding hydrogens is 721 g/mol. The highest BCUT2D eigenvalue weighted by atomic mass is 35.5. The zero-order chi connectivity index (χ0) is 37.8. The molecule has 2 aromatic rings. The van der Waals surface area contributed by atoms with Crippen molar-refractivity contribution in [1.29, 1.82) is 0 Å². The summed E-state index contributed by atoms with van der Waals surface area (Å²) in [6.45, 7) is 10.1. The minimum Gasteiger partial charge on any atom is -0.490 e. The van der Waals surface area contributed by atoms with Crippen molar-refractivity contribution < 1.29 is 38.9 Å². The highest BCUT2D eigenvalue weighted by Crippen LogP contribution is 2.53. The fourth-order valence-electron chi connectivity index (χ4n) is 9.62. The Morgan fingerprint density at radius 2 is 1.77 bits per heavy atom. The van der Waals surface area contributed by atoms with E-state index in [-0.39, 0.29) is 36.2 Å². The SMILES string of the molecule is CC(=O)O[C@@H]1C(C)=C[C@@H]2[C@H]([C@@H](C)CN3CCC(Oc4ccc(Cl)cc4)CC3)CC[C@@H](C)[C@]2(O)[C@H]1OC(=O)[C@@H]1C[C@@]2(O)c3cccc(Cl)c3N(C)O[C@H]2N1. The van der Waals surface area contributed by atoms with Gasteiger partial charge in [-0.3, -0.25) is 24.8 Å². The van der Waals surface area contributed by atoms with Crippen LogP contribution < -0.4 is 15.1 Å². The van der Waals surface area contributed by atoms with Gasteiger partial charge in [0.15, 0.2) is 18.4 Å². The molecule has 1 saturated carbocycles. The third-order valence-electron chi connectivity index (χ3n) is 12.4. The Hall–Kier alpha value is -2.90. The topological polar surface area (TPSA) is 130 Å². The van der Waals surface area contributed by atoms with Gasteiger partial charge in [-0.05, 0) is 86.3 Å². The maximum atomic E-state index is 14.2. The lowest BCUT2D eigenvalue weighted by atomic mass is 9.55. The van der Waals surface area contributed by atoms with Crippen LogP contribution in [0.4, 0.5) is 5.69 Å². The first kappa shape index (κ1) is 38.4. The molecule has 0 spiro atoms. The highest BCUT2D eigenvalue weighted by molar-refractivity contribution is 6.33. The summed E-state index contributed by atoms with van der Waals surface area (Å²) in [5.41, 5.74) is -1.28. The van der Waals surface area contributed by atoms with Crippen molar-refractivity contribution in [3.8, 4) is 5.75 Å². The van der Waals surface area contributed by atoms with Gasteiger partial charge < -0.3 is 29.3 Å². The monoisotopic (exact) mass is 771 g/mol. The van der Waals surface area contributed by atoms with Gasteiger partial charge in [-0.2, -0.15) is 0 Å². The summed E-state index contributed by atoms with van der Waals surface area (Å²) in [4.78, 5) is 35.1. The first-order chi connectivity index (χ1) is 25.2. The molecule has 10 atom stereocenters. The number of halogens is 2. The number of nitrogens with one attached hydrogen (secondary N) is 1. The van der Waals surface area contributed by atoms with E-state index in [1.165, 1.54) is 12.0 Å². The molecule has 11 nitrogen and oxygen atoms in total. The first-order valence-corrected chi connectivity index (χ1v) is 19.6. The van der Waals surface area contributed by atoms with Crippen LogP contribution in [-0.2, 0) is 29.5 Å². The number of carbonyl (C=O) groups is 2. The summed E-state index contributed by atoms with van der Waals surface area (Å²) >= 11 is 12.5. The van der Waals surface area contributed by atoms with E-state index in [1.54, 1.807) is 25.2 Å². The maximum Gasteiger partial charge on any atom is 0.323 e. The zero-order valence-electron chi connectivity index (χ0n) is 31.0. The largest absolute Gasteiger partial charge is 0.490 e. The molecule has 0 radical (unpaired) electrons. The molecule has 0 unspecified atom stereocenters. The summed E-state index contributed by atoms with van der Waals surface area (Å²) in [6.07, 6.45) is 2.51. The molecular formula is C40H51Cl2N3O8. The van der Waals surface area contributed by atoms with Crippen LogP contribution in [0.3, 0.4) is 0 Å². The number of ether oxygens (including phenoxy) is 3. The average molecular weight is 773 g/mol. The van der Waals surface area contributed by atoms with E-state index in [9.17, 15) is 19.8 Å². The van der Waals surface area contributed by atoms with E-state index in [1.807, 2.05) is 38.1 Å². The van der Waals surface area contributed by atoms with Gasteiger partial charge >= 0.3 is 11.9 Å². The van der Waals surface area contributed by atoms with Crippen LogP contribution >= 0.6 is 23.2 Å². The maximum absolute atomic E-state index is 14.2. The molecule has 2 saturated heterocycles. The number of rotatable bonds is 8. The zero-order valence-corrected chi connectivity index (χ0v) is 32.5. The third-order valence-corrected chi connectivity index (χ3v) is 13.0. The van der Waals surface area contributed by atoms with Crippen molar-refractivity contribution in [2.45, 2.75) is 102 Å². The van der Waals surface area contributed by atoms with Gasteiger partial charge in [-0.15, -0.1) is 0 Å². The summed E-state index contributed by atoms with van der Waals surface area (Å²) in [6, 6.07) is 11.7. The number of hydrogen-bond acceptors (Lipinski definition) is 11. The van der Waals surface area contributed by atoms with E-state index in [0.717, 1.165) is 50.2 Å². The molecule has 53 heavy (non-hydrogen) atoms. The van der Waals surface area contributed by atoms with Crippen molar-refractivity contribution in [3.05, 3.63) is 69.7 Å². The van der Waals surface area contributed by atoms with E-state index in [4.69, 9.17) is 42.3 Å².